The van der Waals surface area contributed by atoms with Crippen molar-refractivity contribution in [1.29, 1.82) is 0 Å². The summed E-state index contributed by atoms with van der Waals surface area (Å²) in [4.78, 5) is 23.1. The second-order valence-electron chi connectivity index (χ2n) is 5.91. The van der Waals surface area contributed by atoms with E-state index in [2.05, 4.69) is 5.32 Å². The van der Waals surface area contributed by atoms with Crippen molar-refractivity contribution in [3.8, 4) is 5.75 Å². The fraction of sp³-hybridized carbons (Fsp3) is 0.500. The van der Waals surface area contributed by atoms with Crippen LogP contribution < -0.4 is 15.8 Å². The molecule has 5 heteroatoms. The molecule has 3 N–H and O–H groups in total. The molecular formula is C16H20N2O3. The largest absolute Gasteiger partial charge is 0.491 e. The zero-order valence-corrected chi connectivity index (χ0v) is 11.9. The van der Waals surface area contributed by atoms with Crippen molar-refractivity contribution < 1.29 is 14.3 Å². The molecule has 1 saturated carbocycles. The average Bonchev–Trinajstić information content (AvgIpc) is 2.39. The van der Waals surface area contributed by atoms with Crippen LogP contribution in [0.1, 0.15) is 43.6 Å². The molecule has 1 saturated heterocycles. The number of nitrogen functional groups attached to an aromatic ring is 1. The minimum atomic E-state index is -0.297. The standard InChI is InChI=1S/C16H20N2O3/c17-13-6-4-11(12-5-7-15(19)18-16(12)20)8-14(13)21-9-10-2-1-3-10/h4,6,8,10,12H,1-3,5,7,9,17H2,(H,18,19,20). The molecule has 1 atom stereocenters. The summed E-state index contributed by atoms with van der Waals surface area (Å²) < 4.78 is 5.80. The van der Waals surface area contributed by atoms with Crippen molar-refractivity contribution in [2.45, 2.75) is 38.0 Å². The Labute approximate surface area is 123 Å². The molecule has 2 aliphatic rings. The summed E-state index contributed by atoms with van der Waals surface area (Å²) in [5, 5.41) is 2.38. The van der Waals surface area contributed by atoms with Gasteiger partial charge in [-0.2, -0.15) is 0 Å². The Morgan fingerprint density at radius 1 is 1.24 bits per heavy atom. The van der Waals surface area contributed by atoms with E-state index in [9.17, 15) is 9.59 Å². The molecule has 0 aromatic heterocycles. The van der Waals surface area contributed by atoms with E-state index in [4.69, 9.17) is 10.5 Å². The van der Waals surface area contributed by atoms with E-state index < -0.39 is 0 Å². The lowest BCUT2D eigenvalue weighted by Gasteiger charge is -2.26. The zero-order valence-electron chi connectivity index (χ0n) is 11.9. The van der Waals surface area contributed by atoms with E-state index in [0.29, 0.717) is 36.8 Å². The van der Waals surface area contributed by atoms with Crippen LogP contribution in [0.25, 0.3) is 0 Å². The predicted octanol–water partition coefficient (Wildman–Crippen LogP) is 1.97. The number of carbonyl (C=O) groups is 2. The predicted molar refractivity (Wildman–Crippen MR) is 78.8 cm³/mol. The summed E-state index contributed by atoms with van der Waals surface area (Å²) in [6.45, 7) is 0.684. The van der Waals surface area contributed by atoms with Gasteiger partial charge in [-0.15, -0.1) is 0 Å². The molecule has 112 valence electrons. The van der Waals surface area contributed by atoms with E-state index in [-0.39, 0.29) is 17.7 Å². The fourth-order valence-corrected chi connectivity index (χ4v) is 2.77. The lowest BCUT2D eigenvalue weighted by Crippen LogP contribution is -2.39. The monoisotopic (exact) mass is 288 g/mol. The molecule has 0 radical (unpaired) electrons. The number of hydrogen-bond acceptors (Lipinski definition) is 4. The maximum Gasteiger partial charge on any atom is 0.234 e. The molecule has 2 amide bonds. The lowest BCUT2D eigenvalue weighted by atomic mass is 9.86. The van der Waals surface area contributed by atoms with Crippen LogP contribution in [0.15, 0.2) is 18.2 Å². The van der Waals surface area contributed by atoms with Crippen LogP contribution in [0.4, 0.5) is 5.69 Å². The normalized spacial score (nSPS) is 22.6. The van der Waals surface area contributed by atoms with Gasteiger partial charge in [-0.3, -0.25) is 14.9 Å². The van der Waals surface area contributed by atoms with E-state index in [1.807, 2.05) is 12.1 Å². The van der Waals surface area contributed by atoms with Crippen molar-refractivity contribution >= 4 is 17.5 Å². The van der Waals surface area contributed by atoms with Crippen LogP contribution in [0.3, 0.4) is 0 Å². The third-order valence-corrected chi connectivity index (χ3v) is 4.38. The number of imide groups is 1. The van der Waals surface area contributed by atoms with E-state index >= 15 is 0 Å². The highest BCUT2D eigenvalue weighted by Crippen LogP contribution is 2.32. The van der Waals surface area contributed by atoms with Crippen LogP contribution in [0.2, 0.25) is 0 Å². The van der Waals surface area contributed by atoms with Gasteiger partial charge in [0.05, 0.1) is 18.2 Å². The number of hydrogen-bond donors (Lipinski definition) is 2. The minimum absolute atomic E-state index is 0.201. The Morgan fingerprint density at radius 3 is 2.71 bits per heavy atom. The highest BCUT2D eigenvalue weighted by Gasteiger charge is 2.28. The third-order valence-electron chi connectivity index (χ3n) is 4.38. The van der Waals surface area contributed by atoms with Crippen molar-refractivity contribution in [2.75, 3.05) is 12.3 Å². The van der Waals surface area contributed by atoms with Crippen LogP contribution >= 0.6 is 0 Å². The molecular weight excluding hydrogens is 268 g/mol. The molecule has 3 rings (SSSR count). The molecule has 1 heterocycles. The van der Waals surface area contributed by atoms with Gasteiger partial charge in [0.25, 0.3) is 0 Å². The number of ether oxygens (including phenoxy) is 1. The van der Waals surface area contributed by atoms with Gasteiger partial charge in [0.1, 0.15) is 5.75 Å². The molecule has 0 spiro atoms. The van der Waals surface area contributed by atoms with E-state index in [1.165, 1.54) is 19.3 Å². The molecule has 1 aliphatic heterocycles. The summed E-state index contributed by atoms with van der Waals surface area (Å²) in [5.74, 6) is 0.538. The van der Waals surface area contributed by atoms with Gasteiger partial charge >= 0.3 is 0 Å². The van der Waals surface area contributed by atoms with Crippen LogP contribution in [0, 0.1) is 5.92 Å². The zero-order chi connectivity index (χ0) is 14.8. The average molecular weight is 288 g/mol. The number of rotatable bonds is 4. The number of benzene rings is 1. The first-order valence-electron chi connectivity index (χ1n) is 7.49. The van der Waals surface area contributed by atoms with Gasteiger partial charge in [-0.25, -0.2) is 0 Å². The highest BCUT2D eigenvalue weighted by molar-refractivity contribution is 6.01. The first-order valence-corrected chi connectivity index (χ1v) is 7.49. The maximum absolute atomic E-state index is 11.9. The van der Waals surface area contributed by atoms with Crippen molar-refractivity contribution in [2.24, 2.45) is 5.92 Å². The van der Waals surface area contributed by atoms with Crippen molar-refractivity contribution in [1.82, 2.24) is 5.32 Å². The fourth-order valence-electron chi connectivity index (χ4n) is 2.77. The number of carbonyl (C=O) groups excluding carboxylic acids is 2. The van der Waals surface area contributed by atoms with Gasteiger partial charge in [-0.05, 0) is 42.9 Å². The molecule has 1 aliphatic carbocycles. The van der Waals surface area contributed by atoms with Gasteiger partial charge in [-0.1, -0.05) is 12.5 Å². The SMILES string of the molecule is Nc1ccc(C2CCC(=O)NC2=O)cc1OCC1CCC1. The summed E-state index contributed by atoms with van der Waals surface area (Å²) in [6.07, 6.45) is 4.62. The molecule has 1 aromatic rings. The minimum Gasteiger partial charge on any atom is -0.491 e. The summed E-state index contributed by atoms with van der Waals surface area (Å²) in [7, 11) is 0. The Morgan fingerprint density at radius 2 is 2.05 bits per heavy atom. The molecule has 1 unspecified atom stereocenters. The second-order valence-corrected chi connectivity index (χ2v) is 5.91. The molecule has 5 nitrogen and oxygen atoms in total. The molecule has 2 fully saturated rings. The maximum atomic E-state index is 11.9. The van der Waals surface area contributed by atoms with E-state index in [0.717, 1.165) is 5.56 Å². The summed E-state index contributed by atoms with van der Waals surface area (Å²) >= 11 is 0. The van der Waals surface area contributed by atoms with Gasteiger partial charge in [0.15, 0.2) is 0 Å². The first kappa shape index (κ1) is 13.9. The van der Waals surface area contributed by atoms with E-state index in [1.54, 1.807) is 6.07 Å². The van der Waals surface area contributed by atoms with Crippen molar-refractivity contribution in [3.05, 3.63) is 23.8 Å². The number of amides is 2. The van der Waals surface area contributed by atoms with Gasteiger partial charge < -0.3 is 10.5 Å². The summed E-state index contributed by atoms with van der Waals surface area (Å²) in [6, 6.07) is 5.45. The second kappa shape index (κ2) is 5.76. The lowest BCUT2D eigenvalue weighted by molar-refractivity contribution is -0.134. The Kier molecular flexibility index (Phi) is 3.82. The van der Waals surface area contributed by atoms with Crippen LogP contribution in [0.5, 0.6) is 5.75 Å². The third kappa shape index (κ3) is 3.01. The number of nitrogens with one attached hydrogen (secondary N) is 1. The Bertz CT molecular complexity index is 567. The van der Waals surface area contributed by atoms with Crippen molar-refractivity contribution in [3.63, 3.8) is 0 Å². The number of piperidine rings is 1. The topological polar surface area (TPSA) is 81.4 Å². The smallest absolute Gasteiger partial charge is 0.234 e. The number of anilines is 1. The Balaban J connectivity index is 1.73. The highest BCUT2D eigenvalue weighted by atomic mass is 16.5. The first-order chi connectivity index (χ1) is 10.1. The van der Waals surface area contributed by atoms with Crippen LogP contribution in [-0.2, 0) is 9.59 Å². The molecule has 1 aromatic carbocycles. The number of nitrogens with two attached hydrogens (primary N) is 1. The molecule has 21 heavy (non-hydrogen) atoms. The summed E-state index contributed by atoms with van der Waals surface area (Å²) in [5.41, 5.74) is 7.39. The van der Waals surface area contributed by atoms with Crippen LogP contribution in [-0.4, -0.2) is 18.4 Å². The van der Waals surface area contributed by atoms with Gasteiger partial charge in [0, 0.05) is 6.42 Å². The quantitative estimate of drug-likeness (QED) is 0.655. The Hall–Kier alpha value is -2.04. The molecule has 0 bridgehead atoms. The van der Waals surface area contributed by atoms with Gasteiger partial charge in [0.2, 0.25) is 11.8 Å².